The number of terminal acetylenes is 1. The van der Waals surface area contributed by atoms with Gasteiger partial charge in [0.05, 0.1) is 18.8 Å². The van der Waals surface area contributed by atoms with Crippen LogP contribution >= 0.6 is 19.6 Å². The van der Waals surface area contributed by atoms with E-state index in [9.17, 15) is 9.36 Å². The molecule has 8 heteroatoms. The van der Waals surface area contributed by atoms with Gasteiger partial charge in [-0.25, -0.2) is 9.36 Å². The Bertz CT molecular complexity index is 1300. The first-order valence-electron chi connectivity index (χ1n) is 13.7. The third-order valence-corrected chi connectivity index (χ3v) is 8.22. The van der Waals surface area contributed by atoms with E-state index in [2.05, 4.69) is 50.4 Å². The second-order valence-corrected chi connectivity index (χ2v) is 12.3. The van der Waals surface area contributed by atoms with Gasteiger partial charge in [-0.05, 0) is 90.1 Å². The molecular formula is C33H41O6PS. The zero-order valence-corrected chi connectivity index (χ0v) is 26.4. The van der Waals surface area contributed by atoms with Crippen molar-refractivity contribution >= 4 is 25.6 Å². The minimum atomic E-state index is -3.83. The van der Waals surface area contributed by atoms with Crippen molar-refractivity contribution in [3.05, 3.63) is 94.6 Å². The van der Waals surface area contributed by atoms with Crippen molar-refractivity contribution in [2.24, 2.45) is 0 Å². The van der Waals surface area contributed by atoms with Gasteiger partial charge >= 0.3 is 13.8 Å². The van der Waals surface area contributed by atoms with E-state index >= 15 is 0 Å². The molecular weight excluding hydrogens is 555 g/mol. The number of hydrogen-bond acceptors (Lipinski definition) is 7. The highest BCUT2D eigenvalue weighted by Gasteiger charge is 2.26. The number of allylic oxidation sites excluding steroid dienone is 5. The van der Waals surface area contributed by atoms with E-state index in [1.54, 1.807) is 49.0 Å². The summed E-state index contributed by atoms with van der Waals surface area (Å²) < 4.78 is 32.9. The van der Waals surface area contributed by atoms with Crippen LogP contribution < -0.4 is 4.74 Å². The van der Waals surface area contributed by atoms with Crippen LogP contribution in [0.4, 0.5) is 0 Å². The number of phosphoric acid groups is 1. The number of esters is 1. The quantitative estimate of drug-likeness (QED) is 0.0450. The van der Waals surface area contributed by atoms with E-state index in [1.165, 1.54) is 16.7 Å². The molecule has 2 aromatic carbocycles. The van der Waals surface area contributed by atoms with E-state index in [4.69, 9.17) is 20.2 Å². The third kappa shape index (κ3) is 13.5. The molecule has 1 unspecified atom stereocenters. The molecule has 0 aliphatic heterocycles. The summed E-state index contributed by atoms with van der Waals surface area (Å²) in [7, 11) is -3.83. The smallest absolute Gasteiger partial charge is 0.423 e. The standard InChI is InChI=1S/C33H41O6PS/c1-7-36-40(35,37-8-2)38-25-29-19-21-30(22-20-29)39-33(34)31-17-9-10-18-32(31)41-24-23-28(6)16-12-15-27(5)14-11-13-26(3)4/h1,9-10,13,15,17-23H,8,11-12,14,16,24-25H2,2-6H3/b27-15+,28-23+. The van der Waals surface area contributed by atoms with E-state index in [1.807, 2.05) is 24.3 Å². The molecule has 41 heavy (non-hydrogen) atoms. The third-order valence-electron chi connectivity index (χ3n) is 5.88. The molecule has 0 heterocycles. The summed E-state index contributed by atoms with van der Waals surface area (Å²) in [5.41, 5.74) is 5.32. The minimum Gasteiger partial charge on any atom is -0.423 e. The lowest BCUT2D eigenvalue weighted by molar-refractivity contribution is 0.0731. The van der Waals surface area contributed by atoms with Crippen molar-refractivity contribution in [1.29, 1.82) is 0 Å². The highest BCUT2D eigenvalue weighted by atomic mass is 32.2. The van der Waals surface area contributed by atoms with Gasteiger partial charge in [-0.1, -0.05) is 65.6 Å². The average Bonchev–Trinajstić information content (AvgIpc) is 2.93. The molecule has 0 bridgehead atoms. The maximum Gasteiger partial charge on any atom is 0.538 e. The van der Waals surface area contributed by atoms with Crippen LogP contribution in [0.2, 0.25) is 0 Å². The summed E-state index contributed by atoms with van der Waals surface area (Å²) in [6.07, 6.45) is 18.0. The van der Waals surface area contributed by atoms with Crippen LogP contribution in [-0.4, -0.2) is 18.3 Å². The number of hydrogen-bond donors (Lipinski definition) is 0. The summed E-state index contributed by atoms with van der Waals surface area (Å²) >= 11 is 1.61. The molecule has 0 radical (unpaired) electrons. The molecule has 2 aromatic rings. The lowest BCUT2D eigenvalue weighted by Gasteiger charge is -2.14. The zero-order chi connectivity index (χ0) is 30.1. The summed E-state index contributed by atoms with van der Waals surface area (Å²) in [6, 6.07) is 14.1. The van der Waals surface area contributed by atoms with Gasteiger partial charge in [0.25, 0.3) is 0 Å². The van der Waals surface area contributed by atoms with Crippen LogP contribution in [0.15, 0.2) is 88.4 Å². The molecule has 0 fully saturated rings. The van der Waals surface area contributed by atoms with Gasteiger partial charge in [0.1, 0.15) is 11.9 Å². The predicted octanol–water partition coefficient (Wildman–Crippen LogP) is 9.69. The van der Waals surface area contributed by atoms with Crippen LogP contribution in [0.1, 0.15) is 76.2 Å². The molecule has 0 N–H and O–H groups in total. The molecule has 0 spiro atoms. The molecule has 2 rings (SSSR count). The first-order chi connectivity index (χ1) is 19.7. The molecule has 0 aliphatic carbocycles. The first kappa shape index (κ1) is 34.2. The lowest BCUT2D eigenvalue weighted by Crippen LogP contribution is -2.10. The Morgan fingerprint density at radius 2 is 1.59 bits per heavy atom. The Morgan fingerprint density at radius 3 is 2.24 bits per heavy atom. The predicted molar refractivity (Wildman–Crippen MR) is 168 cm³/mol. The van der Waals surface area contributed by atoms with Crippen LogP contribution in [0.25, 0.3) is 0 Å². The van der Waals surface area contributed by atoms with Gasteiger partial charge in [-0.3, -0.25) is 9.05 Å². The largest absolute Gasteiger partial charge is 0.538 e. The lowest BCUT2D eigenvalue weighted by atomic mass is 10.1. The van der Waals surface area contributed by atoms with E-state index in [0.717, 1.165) is 36.3 Å². The fraction of sp³-hybridized carbons (Fsp3) is 0.364. The van der Waals surface area contributed by atoms with Crippen molar-refractivity contribution in [1.82, 2.24) is 0 Å². The van der Waals surface area contributed by atoms with Crippen LogP contribution in [0.3, 0.4) is 0 Å². The second-order valence-electron chi connectivity index (χ2n) is 9.65. The fourth-order valence-corrected chi connectivity index (χ4v) is 5.62. The second kappa shape index (κ2) is 18.4. The van der Waals surface area contributed by atoms with E-state index < -0.39 is 13.8 Å². The SMILES string of the molecule is C#COP(=O)(OCC)OCc1ccc(OC(=O)c2ccccc2SC/C=C(\C)CC/C=C(\C)CCC=C(C)C)cc1. The van der Waals surface area contributed by atoms with Gasteiger partial charge in [0.15, 0.2) is 0 Å². The van der Waals surface area contributed by atoms with Crippen molar-refractivity contribution in [3.8, 4) is 18.3 Å². The van der Waals surface area contributed by atoms with E-state index in [0.29, 0.717) is 16.9 Å². The monoisotopic (exact) mass is 596 g/mol. The summed E-state index contributed by atoms with van der Waals surface area (Å²) in [5, 5.41) is 0. The number of carbonyl (C=O) groups excluding carboxylic acids is 1. The molecule has 0 aromatic heterocycles. The average molecular weight is 597 g/mol. The Hall–Kier alpha value is -3.01. The van der Waals surface area contributed by atoms with Gasteiger partial charge in [0.2, 0.25) is 0 Å². The molecule has 0 saturated carbocycles. The molecule has 0 amide bonds. The van der Waals surface area contributed by atoms with Crippen LogP contribution in [-0.2, 0) is 24.7 Å². The zero-order valence-electron chi connectivity index (χ0n) is 24.7. The molecule has 1 atom stereocenters. The number of ether oxygens (including phenoxy) is 1. The summed E-state index contributed by atoms with van der Waals surface area (Å²) in [6.45, 7) is 10.4. The number of phosphoric ester groups is 1. The van der Waals surface area contributed by atoms with Crippen molar-refractivity contribution < 1.29 is 27.7 Å². The van der Waals surface area contributed by atoms with Crippen molar-refractivity contribution in [2.75, 3.05) is 12.4 Å². The summed E-state index contributed by atoms with van der Waals surface area (Å²) in [5.74, 6) is 0.712. The Kier molecular flexibility index (Phi) is 15.4. The minimum absolute atomic E-state index is 0.0498. The number of benzene rings is 2. The Labute approximate surface area is 249 Å². The van der Waals surface area contributed by atoms with Crippen molar-refractivity contribution in [2.45, 2.75) is 71.8 Å². The van der Waals surface area contributed by atoms with Crippen LogP contribution in [0.5, 0.6) is 5.75 Å². The molecule has 0 aliphatic rings. The highest BCUT2D eigenvalue weighted by Crippen LogP contribution is 2.49. The maximum atomic E-state index is 13.0. The fourth-order valence-electron chi connectivity index (χ4n) is 3.66. The van der Waals surface area contributed by atoms with Gasteiger partial charge in [-0.2, -0.15) is 0 Å². The highest BCUT2D eigenvalue weighted by molar-refractivity contribution is 7.99. The normalized spacial score (nSPS) is 13.2. The Morgan fingerprint density at radius 1 is 0.927 bits per heavy atom. The number of carbonyl (C=O) groups is 1. The van der Waals surface area contributed by atoms with Gasteiger partial charge in [-0.15, -0.1) is 11.8 Å². The maximum absolute atomic E-state index is 13.0. The van der Waals surface area contributed by atoms with Crippen molar-refractivity contribution in [3.63, 3.8) is 0 Å². The van der Waals surface area contributed by atoms with Gasteiger partial charge < -0.3 is 9.26 Å². The Balaban J connectivity index is 1.89. The molecule has 6 nitrogen and oxygen atoms in total. The molecule has 0 saturated heterocycles. The number of rotatable bonds is 17. The topological polar surface area (TPSA) is 71.1 Å². The first-order valence-corrected chi connectivity index (χ1v) is 16.1. The van der Waals surface area contributed by atoms with Gasteiger partial charge in [0, 0.05) is 10.6 Å². The number of thioether (sulfide) groups is 1. The summed E-state index contributed by atoms with van der Waals surface area (Å²) in [4.78, 5) is 13.8. The van der Waals surface area contributed by atoms with E-state index in [-0.39, 0.29) is 13.2 Å². The molecule has 220 valence electrons. The van der Waals surface area contributed by atoms with Crippen LogP contribution in [0, 0.1) is 12.5 Å².